The molecule has 0 aliphatic heterocycles. The number of nitrogens with two attached hydrogens (primary N) is 1. The Morgan fingerprint density at radius 2 is 1.80 bits per heavy atom. The zero-order chi connectivity index (χ0) is 14.4. The van der Waals surface area contributed by atoms with Crippen molar-refractivity contribution in [3.63, 3.8) is 0 Å². The summed E-state index contributed by atoms with van der Waals surface area (Å²) >= 11 is 0. The second-order valence-electron chi connectivity index (χ2n) is 5.24. The van der Waals surface area contributed by atoms with Crippen LogP contribution in [0.15, 0.2) is 30.3 Å². The quantitative estimate of drug-likeness (QED) is 0.521. The standard InChI is InChI=1S/C15H21NO3.Na.H/c1-10(2)8-12(9-13(17)18)14(16)15(19)11-6-4-3-5-7-11;;/h3-7,10,12,14H,8-9,16H2,1-2H3,(H,17,18);;/q;+1;-1. The van der Waals surface area contributed by atoms with E-state index in [1.165, 1.54) is 0 Å². The maximum atomic E-state index is 12.2. The van der Waals surface area contributed by atoms with Crippen molar-refractivity contribution >= 4 is 11.8 Å². The average Bonchev–Trinajstić information content (AvgIpc) is 2.36. The SMILES string of the molecule is CC(C)CC(CC(=O)O)C(N)C(=O)c1ccccc1.[H-].[Na+]. The molecule has 5 heteroatoms. The molecule has 1 rings (SSSR count). The van der Waals surface area contributed by atoms with E-state index in [1.807, 2.05) is 19.9 Å². The maximum Gasteiger partial charge on any atom is 1.00 e. The Morgan fingerprint density at radius 3 is 2.25 bits per heavy atom. The number of carboxylic acid groups (broad SMARTS) is 1. The molecule has 20 heavy (non-hydrogen) atoms. The Balaban J connectivity index is 0. The Morgan fingerprint density at radius 1 is 1.25 bits per heavy atom. The summed E-state index contributed by atoms with van der Waals surface area (Å²) in [6, 6.07) is 8.01. The molecule has 0 spiro atoms. The number of carbonyl (C=O) groups is 2. The minimum atomic E-state index is -0.915. The second kappa shape index (κ2) is 9.29. The molecule has 0 saturated carbocycles. The predicted octanol–water partition coefficient (Wildman–Crippen LogP) is -0.550. The van der Waals surface area contributed by atoms with Gasteiger partial charge in [0.15, 0.2) is 5.78 Å². The summed E-state index contributed by atoms with van der Waals surface area (Å²) in [5.41, 5.74) is 6.51. The van der Waals surface area contributed by atoms with Crippen LogP contribution in [0.1, 0.15) is 38.5 Å². The van der Waals surface area contributed by atoms with Crippen molar-refractivity contribution in [1.82, 2.24) is 0 Å². The summed E-state index contributed by atoms with van der Waals surface area (Å²) in [6.07, 6.45) is 0.559. The number of rotatable bonds is 7. The van der Waals surface area contributed by atoms with Crippen LogP contribution < -0.4 is 35.3 Å². The topological polar surface area (TPSA) is 80.4 Å². The van der Waals surface area contributed by atoms with E-state index in [2.05, 4.69) is 0 Å². The van der Waals surface area contributed by atoms with E-state index in [0.717, 1.165) is 0 Å². The third-order valence-corrected chi connectivity index (χ3v) is 3.08. The van der Waals surface area contributed by atoms with Gasteiger partial charge in [-0.3, -0.25) is 9.59 Å². The molecule has 1 aromatic rings. The monoisotopic (exact) mass is 287 g/mol. The number of hydrogen-bond acceptors (Lipinski definition) is 3. The van der Waals surface area contributed by atoms with E-state index >= 15 is 0 Å². The van der Waals surface area contributed by atoms with Gasteiger partial charge in [-0.25, -0.2) is 0 Å². The van der Waals surface area contributed by atoms with E-state index in [4.69, 9.17) is 10.8 Å². The van der Waals surface area contributed by atoms with Crippen LogP contribution in [0, 0.1) is 11.8 Å². The summed E-state index contributed by atoms with van der Waals surface area (Å²) in [6.45, 7) is 3.99. The first-order valence-electron chi connectivity index (χ1n) is 6.48. The van der Waals surface area contributed by atoms with Crippen molar-refractivity contribution < 1.29 is 45.7 Å². The van der Waals surface area contributed by atoms with Gasteiger partial charge >= 0.3 is 35.5 Å². The minimum Gasteiger partial charge on any atom is -1.00 e. The molecule has 0 bridgehead atoms. The zero-order valence-electron chi connectivity index (χ0n) is 13.4. The molecular formula is C15H22NNaO3. The van der Waals surface area contributed by atoms with Crippen LogP contribution >= 0.6 is 0 Å². The first kappa shape index (κ1) is 19.3. The molecule has 0 aromatic heterocycles. The van der Waals surface area contributed by atoms with E-state index < -0.39 is 12.0 Å². The summed E-state index contributed by atoms with van der Waals surface area (Å²) in [5, 5.41) is 8.93. The van der Waals surface area contributed by atoms with E-state index in [1.54, 1.807) is 24.3 Å². The number of ketones is 1. The van der Waals surface area contributed by atoms with Crippen molar-refractivity contribution in [3.05, 3.63) is 35.9 Å². The van der Waals surface area contributed by atoms with Crippen molar-refractivity contribution in [3.8, 4) is 0 Å². The van der Waals surface area contributed by atoms with E-state index in [0.29, 0.717) is 17.9 Å². The predicted molar refractivity (Wildman–Crippen MR) is 75.1 cm³/mol. The molecule has 2 unspecified atom stereocenters. The third kappa shape index (κ3) is 6.18. The number of aliphatic carboxylic acids is 1. The van der Waals surface area contributed by atoms with Gasteiger partial charge in [-0.2, -0.15) is 0 Å². The Bertz CT molecular complexity index is 440. The van der Waals surface area contributed by atoms with Crippen molar-refractivity contribution in [2.45, 2.75) is 32.7 Å². The molecule has 1 aromatic carbocycles. The van der Waals surface area contributed by atoms with Crippen LogP contribution in [0.4, 0.5) is 0 Å². The molecule has 0 radical (unpaired) electrons. The van der Waals surface area contributed by atoms with Gasteiger partial charge in [0.1, 0.15) is 0 Å². The van der Waals surface area contributed by atoms with Crippen molar-refractivity contribution in [2.24, 2.45) is 17.6 Å². The molecule has 0 saturated heterocycles. The van der Waals surface area contributed by atoms with E-state index in [-0.39, 0.29) is 49.1 Å². The zero-order valence-corrected chi connectivity index (χ0v) is 14.4. The molecule has 0 heterocycles. The van der Waals surface area contributed by atoms with Crippen LogP contribution in [0.2, 0.25) is 0 Å². The number of hydrogen-bond donors (Lipinski definition) is 2. The fourth-order valence-corrected chi connectivity index (χ4v) is 2.20. The number of carboxylic acids is 1. The number of Topliss-reactive ketones (excluding diaryl/α,β-unsaturated/α-hetero) is 1. The van der Waals surface area contributed by atoms with Crippen LogP contribution in [-0.2, 0) is 4.79 Å². The van der Waals surface area contributed by atoms with Gasteiger partial charge in [-0.1, -0.05) is 44.2 Å². The van der Waals surface area contributed by atoms with Crippen LogP contribution in [0.5, 0.6) is 0 Å². The maximum absolute atomic E-state index is 12.2. The second-order valence-corrected chi connectivity index (χ2v) is 5.24. The normalized spacial score (nSPS) is 13.4. The fraction of sp³-hybridized carbons (Fsp3) is 0.467. The average molecular weight is 287 g/mol. The van der Waals surface area contributed by atoms with Crippen LogP contribution in [-0.4, -0.2) is 22.9 Å². The van der Waals surface area contributed by atoms with Crippen molar-refractivity contribution in [1.29, 1.82) is 0 Å². The summed E-state index contributed by atoms with van der Waals surface area (Å²) in [4.78, 5) is 23.1. The molecule has 0 fully saturated rings. The largest absolute Gasteiger partial charge is 1.00 e. The van der Waals surface area contributed by atoms with Gasteiger partial charge in [0, 0.05) is 5.56 Å². The molecule has 3 N–H and O–H groups in total. The van der Waals surface area contributed by atoms with E-state index in [9.17, 15) is 9.59 Å². The Hall–Kier alpha value is -0.680. The summed E-state index contributed by atoms with van der Waals surface area (Å²) < 4.78 is 0. The molecule has 106 valence electrons. The van der Waals surface area contributed by atoms with Crippen LogP contribution in [0.3, 0.4) is 0 Å². The van der Waals surface area contributed by atoms with Gasteiger partial charge < -0.3 is 12.3 Å². The molecular weight excluding hydrogens is 265 g/mol. The van der Waals surface area contributed by atoms with Crippen LogP contribution in [0.25, 0.3) is 0 Å². The smallest absolute Gasteiger partial charge is 1.00 e. The summed E-state index contributed by atoms with van der Waals surface area (Å²) in [5.74, 6) is -1.13. The molecule has 0 aliphatic rings. The first-order chi connectivity index (χ1) is 8.91. The van der Waals surface area contributed by atoms with Gasteiger partial charge in [-0.15, -0.1) is 0 Å². The Kier molecular flexibility index (Phi) is 8.98. The number of benzene rings is 1. The first-order valence-corrected chi connectivity index (χ1v) is 6.48. The molecule has 2 atom stereocenters. The molecule has 4 nitrogen and oxygen atoms in total. The molecule has 0 aliphatic carbocycles. The summed E-state index contributed by atoms with van der Waals surface area (Å²) in [7, 11) is 0. The Labute approximate surface area is 143 Å². The van der Waals surface area contributed by atoms with Gasteiger partial charge in [0.05, 0.1) is 12.5 Å². The number of carbonyl (C=O) groups excluding carboxylic acids is 1. The fourth-order valence-electron chi connectivity index (χ4n) is 2.20. The van der Waals surface area contributed by atoms with Gasteiger partial charge in [0.2, 0.25) is 0 Å². The van der Waals surface area contributed by atoms with Gasteiger partial charge in [0.25, 0.3) is 0 Å². The minimum absolute atomic E-state index is 0. The van der Waals surface area contributed by atoms with Gasteiger partial charge in [-0.05, 0) is 18.3 Å². The van der Waals surface area contributed by atoms with Crippen molar-refractivity contribution in [2.75, 3.05) is 0 Å². The molecule has 0 amide bonds. The third-order valence-electron chi connectivity index (χ3n) is 3.08.